The fourth-order valence-corrected chi connectivity index (χ4v) is 4.15. The number of hydrogen-bond acceptors (Lipinski definition) is 3. The molecule has 2 unspecified atom stereocenters. The van der Waals surface area contributed by atoms with Crippen molar-refractivity contribution in [1.82, 2.24) is 0 Å². The summed E-state index contributed by atoms with van der Waals surface area (Å²) in [6.07, 6.45) is 0.969. The molecule has 0 saturated carbocycles. The summed E-state index contributed by atoms with van der Waals surface area (Å²) >= 11 is -1.93. The number of halogens is 1. The SMILES string of the molecule is C=C(C)C(CC(C)C)C(CN)C(=O)I(C)OC. The Morgan fingerprint density at radius 1 is 1.41 bits per heavy atom. The van der Waals surface area contributed by atoms with Gasteiger partial charge in [0, 0.05) is 0 Å². The molecule has 0 aromatic heterocycles. The summed E-state index contributed by atoms with van der Waals surface area (Å²) in [6.45, 7) is 10.7. The van der Waals surface area contributed by atoms with Crippen LogP contribution in [0.5, 0.6) is 0 Å². The zero-order valence-electron chi connectivity index (χ0n) is 11.6. The number of alkyl halides is 1. The number of allylic oxidation sites excluding steroid dienone is 1. The summed E-state index contributed by atoms with van der Waals surface area (Å²) in [5.74, 6) is 0.632. The van der Waals surface area contributed by atoms with E-state index in [2.05, 4.69) is 20.4 Å². The normalized spacial score (nSPS) is 15.6. The van der Waals surface area contributed by atoms with Gasteiger partial charge in [-0.3, -0.25) is 0 Å². The Balaban J connectivity index is 4.90. The van der Waals surface area contributed by atoms with Gasteiger partial charge in [0.15, 0.2) is 0 Å². The predicted molar refractivity (Wildman–Crippen MR) is 82.3 cm³/mol. The Morgan fingerprint density at radius 2 is 1.94 bits per heavy atom. The first-order valence-corrected chi connectivity index (χ1v) is 10.0. The number of rotatable bonds is 8. The van der Waals surface area contributed by atoms with E-state index >= 15 is 0 Å². The van der Waals surface area contributed by atoms with Crippen LogP contribution in [0, 0.1) is 17.8 Å². The van der Waals surface area contributed by atoms with Crippen molar-refractivity contribution in [3.63, 3.8) is 0 Å². The zero-order chi connectivity index (χ0) is 13.6. The second-order valence-electron chi connectivity index (χ2n) is 4.80. The Kier molecular flexibility index (Phi) is 8.24. The van der Waals surface area contributed by atoms with E-state index in [1.807, 2.05) is 11.9 Å². The van der Waals surface area contributed by atoms with Crippen molar-refractivity contribution in [2.75, 3.05) is 18.6 Å². The second kappa shape index (κ2) is 8.21. The average molecular weight is 355 g/mol. The van der Waals surface area contributed by atoms with Gasteiger partial charge in [-0.05, 0) is 0 Å². The van der Waals surface area contributed by atoms with Gasteiger partial charge in [0.05, 0.1) is 0 Å². The topological polar surface area (TPSA) is 52.3 Å². The van der Waals surface area contributed by atoms with Gasteiger partial charge in [-0.15, -0.1) is 0 Å². The fourth-order valence-electron chi connectivity index (χ4n) is 1.91. The fraction of sp³-hybridized carbons (Fsp3) is 0.769. The van der Waals surface area contributed by atoms with Crippen molar-refractivity contribution >= 4 is 24.0 Å². The van der Waals surface area contributed by atoms with Crippen LogP contribution in [-0.4, -0.2) is 22.4 Å². The summed E-state index contributed by atoms with van der Waals surface area (Å²) in [7, 11) is 1.62. The van der Waals surface area contributed by atoms with Crippen LogP contribution in [0.4, 0.5) is 0 Å². The van der Waals surface area contributed by atoms with E-state index in [0.29, 0.717) is 12.5 Å². The summed E-state index contributed by atoms with van der Waals surface area (Å²) in [5.41, 5.74) is 6.85. The van der Waals surface area contributed by atoms with Crippen LogP contribution in [0.2, 0.25) is 0 Å². The predicted octanol–water partition coefficient (Wildman–Crippen LogP) is 3.02. The molecule has 2 N–H and O–H groups in total. The van der Waals surface area contributed by atoms with Gasteiger partial charge in [0.1, 0.15) is 0 Å². The first kappa shape index (κ1) is 17.1. The van der Waals surface area contributed by atoms with Gasteiger partial charge < -0.3 is 0 Å². The van der Waals surface area contributed by atoms with E-state index in [1.54, 1.807) is 7.11 Å². The molecule has 0 amide bonds. The van der Waals surface area contributed by atoms with E-state index in [0.717, 1.165) is 12.0 Å². The quantitative estimate of drug-likeness (QED) is 0.315. The van der Waals surface area contributed by atoms with Crippen molar-refractivity contribution in [2.45, 2.75) is 27.2 Å². The molecule has 0 radical (unpaired) electrons. The first-order valence-electron chi connectivity index (χ1n) is 5.89. The second-order valence-corrected chi connectivity index (χ2v) is 9.15. The van der Waals surface area contributed by atoms with Crippen LogP contribution in [0.15, 0.2) is 12.2 Å². The van der Waals surface area contributed by atoms with E-state index in [-0.39, 0.29) is 15.6 Å². The molecule has 3 nitrogen and oxygen atoms in total. The Labute approximate surface area is 113 Å². The molecule has 0 heterocycles. The third-order valence-electron chi connectivity index (χ3n) is 2.88. The van der Waals surface area contributed by atoms with E-state index in [4.69, 9.17) is 8.80 Å². The average Bonchev–Trinajstić information content (AvgIpc) is 2.26. The van der Waals surface area contributed by atoms with Crippen LogP contribution in [0.1, 0.15) is 27.2 Å². The Morgan fingerprint density at radius 3 is 2.24 bits per heavy atom. The molecule has 0 aliphatic heterocycles. The van der Waals surface area contributed by atoms with Crippen LogP contribution in [0.3, 0.4) is 0 Å². The first-order chi connectivity index (χ1) is 7.84. The zero-order valence-corrected chi connectivity index (χ0v) is 13.8. The summed E-state index contributed by atoms with van der Waals surface area (Å²) in [5, 5.41) is 0. The van der Waals surface area contributed by atoms with Crippen molar-refractivity contribution in [1.29, 1.82) is 0 Å². The molecule has 102 valence electrons. The van der Waals surface area contributed by atoms with Crippen LogP contribution in [-0.2, 0) is 7.86 Å². The molecular weight excluding hydrogens is 329 g/mol. The molecule has 4 heteroatoms. The monoisotopic (exact) mass is 355 g/mol. The van der Waals surface area contributed by atoms with E-state index in [1.165, 1.54) is 0 Å². The van der Waals surface area contributed by atoms with Gasteiger partial charge in [-0.25, -0.2) is 0 Å². The van der Waals surface area contributed by atoms with Crippen LogP contribution in [0.25, 0.3) is 0 Å². The molecule has 0 spiro atoms. The van der Waals surface area contributed by atoms with Gasteiger partial charge >= 0.3 is 113 Å². The van der Waals surface area contributed by atoms with Gasteiger partial charge in [-0.1, -0.05) is 0 Å². The number of carbonyl (C=O) groups is 1. The molecule has 17 heavy (non-hydrogen) atoms. The van der Waals surface area contributed by atoms with E-state index in [9.17, 15) is 4.79 Å². The van der Waals surface area contributed by atoms with Crippen molar-refractivity contribution < 1.29 is 7.86 Å². The summed E-state index contributed by atoms with van der Waals surface area (Å²) in [6, 6.07) is 0. The minimum atomic E-state index is -1.93. The molecule has 0 aromatic rings. The number of nitrogens with two attached hydrogens (primary N) is 1. The molecule has 0 aromatic carbocycles. The number of carbonyl (C=O) groups excluding carboxylic acids is 1. The summed E-state index contributed by atoms with van der Waals surface area (Å²) < 4.78 is 5.49. The standard InChI is InChI=1S/C13H26INO2/c1-9(2)7-11(10(3)4)12(8-15)13(16)14(5)17-6/h9,11-12H,3,7-8,15H2,1-2,4-6H3. The molecule has 0 aliphatic carbocycles. The van der Waals surface area contributed by atoms with Crippen molar-refractivity contribution in [3.05, 3.63) is 12.2 Å². The molecule has 0 rings (SSSR count). The molecular formula is C13H26INO2. The third kappa shape index (κ3) is 5.48. The van der Waals surface area contributed by atoms with E-state index < -0.39 is 20.2 Å². The molecule has 0 aliphatic rings. The van der Waals surface area contributed by atoms with Crippen molar-refractivity contribution in [2.24, 2.45) is 23.5 Å². The Bertz CT molecular complexity index is 266. The van der Waals surface area contributed by atoms with Gasteiger partial charge in [-0.2, -0.15) is 0 Å². The van der Waals surface area contributed by atoms with Gasteiger partial charge in [0.2, 0.25) is 0 Å². The third-order valence-corrected chi connectivity index (χ3v) is 6.50. The minimum absolute atomic E-state index is 0.106. The van der Waals surface area contributed by atoms with Gasteiger partial charge in [0.25, 0.3) is 0 Å². The Hall–Kier alpha value is 0.0600. The maximum atomic E-state index is 12.3. The molecule has 0 fully saturated rings. The summed E-state index contributed by atoms with van der Waals surface area (Å²) in [4.78, 5) is 14.2. The molecule has 0 bridgehead atoms. The molecule has 2 atom stereocenters. The molecule has 0 saturated heterocycles. The van der Waals surface area contributed by atoms with Crippen LogP contribution >= 0.6 is 20.2 Å². The number of hydrogen-bond donors (Lipinski definition) is 1. The van der Waals surface area contributed by atoms with Crippen molar-refractivity contribution in [3.8, 4) is 0 Å². The van der Waals surface area contributed by atoms with Crippen LogP contribution < -0.4 is 5.73 Å². The maximum absolute atomic E-state index is 12.3.